The van der Waals surface area contributed by atoms with Crippen molar-refractivity contribution < 1.29 is 9.32 Å². The van der Waals surface area contributed by atoms with E-state index in [1.54, 1.807) is 0 Å². The van der Waals surface area contributed by atoms with E-state index in [2.05, 4.69) is 15.8 Å². The molecule has 0 saturated carbocycles. The Morgan fingerprint density at radius 2 is 1.90 bits per heavy atom. The van der Waals surface area contributed by atoms with Gasteiger partial charge in [0.1, 0.15) is 5.76 Å². The van der Waals surface area contributed by atoms with Crippen molar-refractivity contribution in [3.05, 3.63) is 36.1 Å². The van der Waals surface area contributed by atoms with Gasteiger partial charge in [-0.3, -0.25) is 4.79 Å². The number of nitrogens with zero attached hydrogens (tertiary/aromatic N) is 1. The fourth-order valence-corrected chi connectivity index (χ4v) is 1.79. The zero-order valence-electron chi connectivity index (χ0n) is 11.9. The molecule has 0 atom stereocenters. The maximum atomic E-state index is 11.7. The summed E-state index contributed by atoms with van der Waals surface area (Å²) in [7, 11) is 0. The van der Waals surface area contributed by atoms with Crippen LogP contribution in [-0.2, 0) is 4.79 Å². The van der Waals surface area contributed by atoms with Crippen molar-refractivity contribution in [3.8, 4) is 0 Å². The van der Waals surface area contributed by atoms with Crippen LogP contribution in [0, 0.1) is 12.8 Å². The summed E-state index contributed by atoms with van der Waals surface area (Å²) < 4.78 is 4.98. The standard InChI is InChI=1S/C15H19N3O2/c1-10(2)8-15(19)17-13-6-4-12(5-7-13)16-14-9-11(3)20-18-14/h4-7,9-10H,8H2,1-3H3,(H,16,18)(H,17,19). The van der Waals surface area contributed by atoms with Crippen LogP contribution in [-0.4, -0.2) is 11.1 Å². The summed E-state index contributed by atoms with van der Waals surface area (Å²) in [5.74, 6) is 1.81. The molecule has 0 fully saturated rings. The van der Waals surface area contributed by atoms with Crippen LogP contribution in [0.2, 0.25) is 0 Å². The van der Waals surface area contributed by atoms with Crippen LogP contribution in [0.1, 0.15) is 26.0 Å². The highest BCUT2D eigenvalue weighted by molar-refractivity contribution is 5.91. The van der Waals surface area contributed by atoms with Gasteiger partial charge in [-0.2, -0.15) is 0 Å². The first-order chi connectivity index (χ1) is 9.52. The number of anilines is 3. The van der Waals surface area contributed by atoms with E-state index in [0.29, 0.717) is 18.2 Å². The molecule has 5 heteroatoms. The van der Waals surface area contributed by atoms with Gasteiger partial charge in [-0.15, -0.1) is 0 Å². The molecule has 0 aliphatic rings. The predicted molar refractivity (Wildman–Crippen MR) is 79.0 cm³/mol. The first-order valence-corrected chi connectivity index (χ1v) is 6.63. The van der Waals surface area contributed by atoms with Crippen LogP contribution < -0.4 is 10.6 Å². The fraction of sp³-hybridized carbons (Fsp3) is 0.333. The number of rotatable bonds is 5. The lowest BCUT2D eigenvalue weighted by Gasteiger charge is -2.08. The van der Waals surface area contributed by atoms with Gasteiger partial charge in [0, 0.05) is 23.9 Å². The van der Waals surface area contributed by atoms with Crippen LogP contribution >= 0.6 is 0 Å². The summed E-state index contributed by atoms with van der Waals surface area (Å²) >= 11 is 0. The van der Waals surface area contributed by atoms with Crippen molar-refractivity contribution in [1.29, 1.82) is 0 Å². The van der Waals surface area contributed by atoms with Gasteiger partial charge in [-0.05, 0) is 37.1 Å². The van der Waals surface area contributed by atoms with Crippen LogP contribution in [0.25, 0.3) is 0 Å². The molecular formula is C15H19N3O2. The molecular weight excluding hydrogens is 254 g/mol. The zero-order chi connectivity index (χ0) is 14.5. The Labute approximate surface area is 118 Å². The minimum absolute atomic E-state index is 0.0350. The molecule has 2 N–H and O–H groups in total. The summed E-state index contributed by atoms with van der Waals surface area (Å²) in [5.41, 5.74) is 1.68. The molecule has 1 heterocycles. The lowest BCUT2D eigenvalue weighted by molar-refractivity contribution is -0.116. The maximum absolute atomic E-state index is 11.7. The molecule has 0 aliphatic carbocycles. The van der Waals surface area contributed by atoms with Crippen molar-refractivity contribution in [3.63, 3.8) is 0 Å². The Balaban J connectivity index is 1.94. The maximum Gasteiger partial charge on any atom is 0.224 e. The highest BCUT2D eigenvalue weighted by Gasteiger charge is 2.05. The Morgan fingerprint density at radius 1 is 1.25 bits per heavy atom. The lowest BCUT2D eigenvalue weighted by atomic mass is 10.1. The number of amides is 1. The summed E-state index contributed by atoms with van der Waals surface area (Å²) in [6, 6.07) is 9.29. The van der Waals surface area contributed by atoms with Gasteiger partial charge in [-0.25, -0.2) is 0 Å². The van der Waals surface area contributed by atoms with Gasteiger partial charge in [0.15, 0.2) is 5.82 Å². The second-order valence-electron chi connectivity index (χ2n) is 5.17. The smallest absolute Gasteiger partial charge is 0.224 e. The van der Waals surface area contributed by atoms with E-state index >= 15 is 0 Å². The number of hydrogen-bond acceptors (Lipinski definition) is 4. The van der Waals surface area contributed by atoms with E-state index < -0.39 is 0 Å². The molecule has 5 nitrogen and oxygen atoms in total. The zero-order valence-corrected chi connectivity index (χ0v) is 11.9. The topological polar surface area (TPSA) is 67.2 Å². The molecule has 20 heavy (non-hydrogen) atoms. The fourth-order valence-electron chi connectivity index (χ4n) is 1.79. The largest absolute Gasteiger partial charge is 0.360 e. The van der Waals surface area contributed by atoms with E-state index in [4.69, 9.17) is 4.52 Å². The summed E-state index contributed by atoms with van der Waals surface area (Å²) in [5, 5.41) is 9.85. The molecule has 0 radical (unpaired) electrons. The van der Waals surface area contributed by atoms with Gasteiger partial charge in [0.05, 0.1) is 0 Å². The summed E-state index contributed by atoms with van der Waals surface area (Å²) in [6.07, 6.45) is 0.526. The highest BCUT2D eigenvalue weighted by atomic mass is 16.5. The van der Waals surface area contributed by atoms with Crippen LogP contribution in [0.15, 0.2) is 34.9 Å². The quantitative estimate of drug-likeness (QED) is 0.871. The van der Waals surface area contributed by atoms with E-state index in [1.165, 1.54) is 0 Å². The second-order valence-corrected chi connectivity index (χ2v) is 5.17. The molecule has 0 saturated heterocycles. The molecule has 0 spiro atoms. The van der Waals surface area contributed by atoms with Crippen LogP contribution in [0.3, 0.4) is 0 Å². The number of nitrogens with one attached hydrogen (secondary N) is 2. The number of carbonyl (C=O) groups is 1. The van der Waals surface area contributed by atoms with E-state index in [0.717, 1.165) is 17.1 Å². The SMILES string of the molecule is Cc1cc(Nc2ccc(NC(=O)CC(C)C)cc2)no1. The first kappa shape index (κ1) is 14.1. The molecule has 1 aromatic heterocycles. The Morgan fingerprint density at radius 3 is 2.45 bits per heavy atom. The lowest BCUT2D eigenvalue weighted by Crippen LogP contribution is -2.13. The Bertz CT molecular complexity index is 573. The van der Waals surface area contributed by atoms with E-state index in [-0.39, 0.29) is 5.91 Å². The van der Waals surface area contributed by atoms with Gasteiger partial charge in [0.2, 0.25) is 5.91 Å². The molecule has 0 aliphatic heterocycles. The third-order valence-corrected chi connectivity index (χ3v) is 2.66. The number of hydrogen-bond donors (Lipinski definition) is 2. The van der Waals surface area contributed by atoms with Crippen molar-refractivity contribution in [2.45, 2.75) is 27.2 Å². The van der Waals surface area contributed by atoms with Crippen molar-refractivity contribution in [1.82, 2.24) is 5.16 Å². The molecule has 106 valence electrons. The Hall–Kier alpha value is -2.30. The first-order valence-electron chi connectivity index (χ1n) is 6.63. The van der Waals surface area contributed by atoms with Gasteiger partial charge in [0.25, 0.3) is 0 Å². The van der Waals surface area contributed by atoms with Crippen LogP contribution in [0.5, 0.6) is 0 Å². The molecule has 0 unspecified atom stereocenters. The van der Waals surface area contributed by atoms with Gasteiger partial charge >= 0.3 is 0 Å². The molecule has 2 rings (SSSR count). The van der Waals surface area contributed by atoms with Crippen molar-refractivity contribution in [2.75, 3.05) is 10.6 Å². The highest BCUT2D eigenvalue weighted by Crippen LogP contribution is 2.19. The number of aromatic nitrogens is 1. The third-order valence-electron chi connectivity index (χ3n) is 2.66. The van der Waals surface area contributed by atoms with Crippen LogP contribution in [0.4, 0.5) is 17.2 Å². The summed E-state index contributed by atoms with van der Waals surface area (Å²) in [6.45, 7) is 5.88. The Kier molecular flexibility index (Phi) is 4.40. The second kappa shape index (κ2) is 6.23. The molecule has 1 amide bonds. The predicted octanol–water partition coefficient (Wildman–Crippen LogP) is 3.71. The average Bonchev–Trinajstić information content (AvgIpc) is 2.76. The average molecular weight is 273 g/mol. The third kappa shape index (κ3) is 4.12. The number of aryl methyl sites for hydroxylation is 1. The monoisotopic (exact) mass is 273 g/mol. The normalized spacial score (nSPS) is 10.6. The van der Waals surface area contributed by atoms with Crippen molar-refractivity contribution in [2.24, 2.45) is 5.92 Å². The van der Waals surface area contributed by atoms with E-state index in [9.17, 15) is 4.79 Å². The van der Waals surface area contributed by atoms with Gasteiger partial charge in [-0.1, -0.05) is 19.0 Å². The number of benzene rings is 1. The van der Waals surface area contributed by atoms with Crippen molar-refractivity contribution >= 4 is 23.1 Å². The molecule has 2 aromatic rings. The minimum atomic E-state index is 0.0350. The summed E-state index contributed by atoms with van der Waals surface area (Å²) in [4.78, 5) is 11.7. The molecule has 1 aromatic carbocycles. The van der Waals surface area contributed by atoms with Gasteiger partial charge < -0.3 is 15.2 Å². The molecule has 0 bridgehead atoms. The van der Waals surface area contributed by atoms with E-state index in [1.807, 2.05) is 51.1 Å². The number of carbonyl (C=O) groups excluding carboxylic acids is 1. The minimum Gasteiger partial charge on any atom is -0.360 e.